The number of carbonyl (C=O) groups excluding carboxylic acids is 1. The van der Waals surface area contributed by atoms with Crippen molar-refractivity contribution < 1.29 is 4.79 Å². The fourth-order valence-corrected chi connectivity index (χ4v) is 3.19. The van der Waals surface area contributed by atoms with Crippen LogP contribution in [0.5, 0.6) is 0 Å². The summed E-state index contributed by atoms with van der Waals surface area (Å²) in [6.07, 6.45) is 3.48. The number of carbonyl (C=O) groups is 1. The van der Waals surface area contributed by atoms with Gasteiger partial charge in [-0.3, -0.25) is 4.79 Å². The first-order valence-corrected chi connectivity index (χ1v) is 7.25. The van der Waals surface area contributed by atoms with Crippen molar-refractivity contribution in [1.82, 2.24) is 10.2 Å². The van der Waals surface area contributed by atoms with Crippen LogP contribution in [0.4, 0.5) is 0 Å². The maximum absolute atomic E-state index is 12.6. The van der Waals surface area contributed by atoms with Crippen LogP contribution in [0.1, 0.15) is 47.0 Å². The maximum Gasteiger partial charge on any atom is 0.226 e. The average molecular weight is 252 g/mol. The van der Waals surface area contributed by atoms with E-state index in [1.165, 1.54) is 12.8 Å². The molecule has 0 bridgehead atoms. The van der Waals surface area contributed by atoms with Crippen LogP contribution in [0.15, 0.2) is 0 Å². The predicted octanol–water partition coefficient (Wildman–Crippen LogP) is 2.27. The predicted molar refractivity (Wildman–Crippen MR) is 74.3 cm³/mol. The monoisotopic (exact) mass is 252 g/mol. The second-order valence-corrected chi connectivity index (χ2v) is 7.36. The van der Waals surface area contributed by atoms with Gasteiger partial charge in [-0.1, -0.05) is 20.8 Å². The molecule has 1 saturated carbocycles. The number of piperidine rings is 1. The molecule has 1 amide bonds. The van der Waals surface area contributed by atoms with Crippen LogP contribution in [0.3, 0.4) is 0 Å². The fraction of sp³-hybridized carbons (Fsp3) is 0.933. The van der Waals surface area contributed by atoms with Gasteiger partial charge in [0.1, 0.15) is 0 Å². The molecule has 1 aliphatic carbocycles. The second kappa shape index (κ2) is 4.52. The molecule has 2 rings (SSSR count). The molecule has 104 valence electrons. The van der Waals surface area contributed by atoms with Crippen LogP contribution in [0.2, 0.25) is 0 Å². The minimum absolute atomic E-state index is 0.153. The Morgan fingerprint density at radius 2 is 1.89 bits per heavy atom. The SMILES string of the molecule is CC(N(C)C(=O)C1CC12CCNCC2)C(C)(C)C. The molecule has 0 aromatic carbocycles. The van der Waals surface area contributed by atoms with Gasteiger partial charge in [-0.15, -0.1) is 0 Å². The smallest absolute Gasteiger partial charge is 0.226 e. The zero-order chi connectivity index (χ0) is 13.6. The largest absolute Gasteiger partial charge is 0.342 e. The van der Waals surface area contributed by atoms with E-state index in [1.54, 1.807) is 0 Å². The van der Waals surface area contributed by atoms with E-state index in [0.717, 1.165) is 19.5 Å². The normalized spacial score (nSPS) is 27.9. The molecule has 3 heteroatoms. The molecule has 2 fully saturated rings. The summed E-state index contributed by atoms with van der Waals surface area (Å²) >= 11 is 0. The Kier molecular flexibility index (Phi) is 3.48. The van der Waals surface area contributed by atoms with Gasteiger partial charge in [-0.25, -0.2) is 0 Å². The zero-order valence-electron chi connectivity index (χ0n) is 12.5. The van der Waals surface area contributed by atoms with Gasteiger partial charge >= 0.3 is 0 Å². The van der Waals surface area contributed by atoms with Gasteiger partial charge in [-0.2, -0.15) is 0 Å². The molecule has 1 N–H and O–H groups in total. The number of nitrogens with one attached hydrogen (secondary N) is 1. The highest BCUT2D eigenvalue weighted by atomic mass is 16.2. The van der Waals surface area contributed by atoms with E-state index in [0.29, 0.717) is 23.3 Å². The summed E-state index contributed by atoms with van der Waals surface area (Å²) in [7, 11) is 1.98. The van der Waals surface area contributed by atoms with Crippen LogP contribution in [-0.4, -0.2) is 37.0 Å². The van der Waals surface area contributed by atoms with Crippen molar-refractivity contribution >= 4 is 5.91 Å². The molecule has 1 aliphatic heterocycles. The van der Waals surface area contributed by atoms with Crippen molar-refractivity contribution in [1.29, 1.82) is 0 Å². The summed E-state index contributed by atoms with van der Waals surface area (Å²) in [6.45, 7) is 10.9. The lowest BCUT2D eigenvalue weighted by molar-refractivity contribution is -0.136. The number of hydrogen-bond donors (Lipinski definition) is 1. The van der Waals surface area contributed by atoms with Crippen LogP contribution in [0, 0.1) is 16.7 Å². The molecule has 18 heavy (non-hydrogen) atoms. The van der Waals surface area contributed by atoms with E-state index in [2.05, 4.69) is 33.0 Å². The Bertz CT molecular complexity index is 326. The summed E-state index contributed by atoms with van der Waals surface area (Å²) in [5, 5.41) is 3.39. The molecule has 1 heterocycles. The molecule has 0 aromatic heterocycles. The Balaban J connectivity index is 1.97. The molecule has 2 unspecified atom stereocenters. The van der Waals surface area contributed by atoms with Crippen molar-refractivity contribution in [2.45, 2.75) is 53.0 Å². The molecule has 0 aromatic rings. The third-order valence-electron chi connectivity index (χ3n) is 5.27. The minimum Gasteiger partial charge on any atom is -0.342 e. The summed E-state index contributed by atoms with van der Waals surface area (Å²) in [5.41, 5.74) is 0.509. The lowest BCUT2D eigenvalue weighted by Crippen LogP contribution is -2.44. The van der Waals surface area contributed by atoms with Gasteiger partial charge in [-0.05, 0) is 50.1 Å². The van der Waals surface area contributed by atoms with Gasteiger partial charge in [0.2, 0.25) is 5.91 Å². The standard InChI is InChI=1S/C15H28N2O/c1-11(14(2,3)4)17(5)13(18)12-10-15(12)6-8-16-9-7-15/h11-12,16H,6-10H2,1-5H3. The summed E-state index contributed by atoms with van der Waals surface area (Å²) in [4.78, 5) is 14.6. The Morgan fingerprint density at radius 3 is 2.39 bits per heavy atom. The molecule has 1 spiro atoms. The first-order chi connectivity index (χ1) is 8.28. The summed E-state index contributed by atoms with van der Waals surface area (Å²) in [5.74, 6) is 0.675. The Hall–Kier alpha value is -0.570. The van der Waals surface area contributed by atoms with E-state index in [4.69, 9.17) is 0 Å². The molecular weight excluding hydrogens is 224 g/mol. The van der Waals surface area contributed by atoms with Crippen LogP contribution >= 0.6 is 0 Å². The third-order valence-corrected chi connectivity index (χ3v) is 5.27. The topological polar surface area (TPSA) is 32.3 Å². The first kappa shape index (κ1) is 13.9. The third kappa shape index (κ3) is 2.42. The molecule has 1 saturated heterocycles. The lowest BCUT2D eigenvalue weighted by atomic mass is 9.86. The van der Waals surface area contributed by atoms with E-state index in [9.17, 15) is 4.79 Å². The quantitative estimate of drug-likeness (QED) is 0.817. The highest BCUT2D eigenvalue weighted by molar-refractivity contribution is 5.82. The fourth-order valence-electron chi connectivity index (χ4n) is 3.19. The Morgan fingerprint density at radius 1 is 1.33 bits per heavy atom. The van der Waals surface area contributed by atoms with E-state index in [-0.39, 0.29) is 5.41 Å². The number of rotatable bonds is 2. The van der Waals surface area contributed by atoms with Gasteiger partial charge in [0.15, 0.2) is 0 Å². The van der Waals surface area contributed by atoms with Crippen molar-refractivity contribution in [2.75, 3.05) is 20.1 Å². The number of nitrogens with zero attached hydrogens (tertiary/aromatic N) is 1. The Labute approximate surface area is 111 Å². The van der Waals surface area contributed by atoms with Crippen LogP contribution < -0.4 is 5.32 Å². The summed E-state index contributed by atoms with van der Waals surface area (Å²) < 4.78 is 0. The van der Waals surface area contributed by atoms with E-state index < -0.39 is 0 Å². The highest BCUT2D eigenvalue weighted by Crippen LogP contribution is 2.59. The molecular formula is C15H28N2O. The highest BCUT2D eigenvalue weighted by Gasteiger charge is 2.58. The van der Waals surface area contributed by atoms with Crippen molar-refractivity contribution in [2.24, 2.45) is 16.7 Å². The van der Waals surface area contributed by atoms with Crippen molar-refractivity contribution in [3.05, 3.63) is 0 Å². The number of hydrogen-bond acceptors (Lipinski definition) is 2. The van der Waals surface area contributed by atoms with Gasteiger partial charge in [0.25, 0.3) is 0 Å². The zero-order valence-corrected chi connectivity index (χ0v) is 12.5. The summed E-state index contributed by atoms with van der Waals surface area (Å²) in [6, 6.07) is 0.296. The van der Waals surface area contributed by atoms with Gasteiger partial charge in [0, 0.05) is 19.0 Å². The average Bonchev–Trinajstić information content (AvgIpc) is 2.99. The van der Waals surface area contributed by atoms with Crippen LogP contribution in [-0.2, 0) is 4.79 Å². The lowest BCUT2D eigenvalue weighted by Gasteiger charge is -2.36. The van der Waals surface area contributed by atoms with Crippen molar-refractivity contribution in [3.63, 3.8) is 0 Å². The van der Waals surface area contributed by atoms with Crippen molar-refractivity contribution in [3.8, 4) is 0 Å². The van der Waals surface area contributed by atoms with E-state index >= 15 is 0 Å². The van der Waals surface area contributed by atoms with Gasteiger partial charge < -0.3 is 10.2 Å². The van der Waals surface area contributed by atoms with Crippen LogP contribution in [0.25, 0.3) is 0 Å². The second-order valence-electron chi connectivity index (χ2n) is 7.36. The molecule has 2 atom stereocenters. The van der Waals surface area contributed by atoms with E-state index in [1.807, 2.05) is 11.9 Å². The molecule has 3 nitrogen and oxygen atoms in total. The minimum atomic E-state index is 0.153. The molecule has 0 radical (unpaired) electrons. The maximum atomic E-state index is 12.6. The van der Waals surface area contributed by atoms with Gasteiger partial charge in [0.05, 0.1) is 0 Å². The molecule has 2 aliphatic rings. The first-order valence-electron chi connectivity index (χ1n) is 7.25. The number of amides is 1.